The molecule has 0 aliphatic rings. The molecule has 0 bridgehead atoms. The van der Waals surface area contributed by atoms with Gasteiger partial charge >= 0.3 is 0 Å². The molecule has 1 N–H and O–H groups in total. The molecule has 1 heteroatoms. The lowest BCUT2D eigenvalue weighted by Gasteiger charge is -1.99. The van der Waals surface area contributed by atoms with Crippen LogP contribution in [0.2, 0.25) is 0 Å². The summed E-state index contributed by atoms with van der Waals surface area (Å²) in [5, 5.41) is 8.62. The van der Waals surface area contributed by atoms with Gasteiger partial charge in [-0.25, -0.2) is 0 Å². The number of rotatable bonds is 12. The van der Waals surface area contributed by atoms with E-state index in [1.165, 1.54) is 51.4 Å². The van der Waals surface area contributed by atoms with Crippen molar-refractivity contribution in [1.82, 2.24) is 0 Å². The van der Waals surface area contributed by atoms with E-state index in [4.69, 9.17) is 5.11 Å². The summed E-state index contributed by atoms with van der Waals surface area (Å²) in [5.41, 5.74) is 0. The summed E-state index contributed by atoms with van der Waals surface area (Å²) >= 11 is 0. The van der Waals surface area contributed by atoms with Gasteiger partial charge in [0.2, 0.25) is 0 Å². The molecule has 0 aliphatic heterocycles. The second-order valence-electron chi connectivity index (χ2n) is 5.11. The van der Waals surface area contributed by atoms with Crippen LogP contribution in [-0.2, 0) is 0 Å². The van der Waals surface area contributed by atoms with Gasteiger partial charge in [0.25, 0.3) is 0 Å². The Morgan fingerprint density at radius 3 is 1.56 bits per heavy atom. The number of hydrogen-bond acceptors (Lipinski definition) is 1. The lowest BCUT2D eigenvalue weighted by Crippen LogP contribution is -1.82. The van der Waals surface area contributed by atoms with Crippen LogP contribution < -0.4 is 0 Å². The summed E-state index contributed by atoms with van der Waals surface area (Å²) in [6, 6.07) is 0. The third kappa shape index (κ3) is 15.5. The minimum absolute atomic E-state index is 0.325. The van der Waals surface area contributed by atoms with Crippen LogP contribution in [0.15, 0.2) is 0 Å². The molecular formula is C17H32O. The Kier molecular flexibility index (Phi) is 16.1. The maximum Gasteiger partial charge on any atom is 0.0431 e. The highest BCUT2D eigenvalue weighted by Crippen LogP contribution is 2.09. The summed E-state index contributed by atoms with van der Waals surface area (Å²) in [7, 11) is 0. The van der Waals surface area contributed by atoms with Gasteiger partial charge in [-0.1, -0.05) is 58.3 Å². The van der Waals surface area contributed by atoms with Crippen LogP contribution in [0.25, 0.3) is 0 Å². The fourth-order valence-electron chi connectivity index (χ4n) is 2.03. The van der Waals surface area contributed by atoms with Gasteiger partial charge in [0, 0.05) is 19.4 Å². The summed E-state index contributed by atoms with van der Waals surface area (Å²) in [6.45, 7) is 2.59. The molecule has 1 nitrogen and oxygen atoms in total. The Balaban J connectivity index is 3.04. The summed E-state index contributed by atoms with van der Waals surface area (Å²) < 4.78 is 0. The van der Waals surface area contributed by atoms with E-state index in [0.717, 1.165) is 32.1 Å². The third-order valence-electron chi connectivity index (χ3n) is 3.24. The topological polar surface area (TPSA) is 20.2 Å². The zero-order valence-electron chi connectivity index (χ0n) is 12.3. The van der Waals surface area contributed by atoms with E-state index < -0.39 is 0 Å². The van der Waals surface area contributed by atoms with Crippen molar-refractivity contribution in [1.29, 1.82) is 0 Å². The molecule has 0 unspecified atom stereocenters. The van der Waals surface area contributed by atoms with Crippen LogP contribution in [0.3, 0.4) is 0 Å². The molecule has 0 atom stereocenters. The van der Waals surface area contributed by atoms with Crippen molar-refractivity contribution in [3.63, 3.8) is 0 Å². The van der Waals surface area contributed by atoms with Crippen LogP contribution in [-0.4, -0.2) is 11.7 Å². The van der Waals surface area contributed by atoms with Gasteiger partial charge in [0.15, 0.2) is 0 Å². The molecule has 0 aromatic carbocycles. The average molecular weight is 252 g/mol. The van der Waals surface area contributed by atoms with Crippen LogP contribution in [0, 0.1) is 11.8 Å². The van der Waals surface area contributed by atoms with Gasteiger partial charge in [-0.3, -0.25) is 0 Å². The standard InChI is InChI=1S/C17H32O/c1-2-3-4-5-6-7-8-9-10-11-12-13-14-15-16-17-18/h18H,2-10,13-17H2,1H3. The molecule has 106 valence electrons. The fourth-order valence-corrected chi connectivity index (χ4v) is 2.03. The van der Waals surface area contributed by atoms with E-state index in [9.17, 15) is 0 Å². The van der Waals surface area contributed by atoms with Crippen molar-refractivity contribution in [2.24, 2.45) is 0 Å². The molecule has 0 aliphatic carbocycles. The molecule has 0 rings (SSSR count). The lowest BCUT2D eigenvalue weighted by atomic mass is 10.1. The van der Waals surface area contributed by atoms with Gasteiger partial charge in [-0.2, -0.15) is 0 Å². The Morgan fingerprint density at radius 2 is 1.06 bits per heavy atom. The van der Waals surface area contributed by atoms with Crippen molar-refractivity contribution >= 4 is 0 Å². The van der Waals surface area contributed by atoms with Crippen molar-refractivity contribution in [2.45, 2.75) is 90.4 Å². The number of unbranched alkanes of at least 4 members (excludes halogenated alkanes) is 11. The van der Waals surface area contributed by atoms with Crippen molar-refractivity contribution in [3.8, 4) is 11.8 Å². The minimum atomic E-state index is 0.325. The van der Waals surface area contributed by atoms with Crippen LogP contribution in [0.4, 0.5) is 0 Å². The summed E-state index contributed by atoms with van der Waals surface area (Å²) in [6.07, 6.45) is 16.3. The first-order valence-electron chi connectivity index (χ1n) is 7.98. The van der Waals surface area contributed by atoms with E-state index in [2.05, 4.69) is 18.8 Å². The molecule has 0 fully saturated rings. The minimum Gasteiger partial charge on any atom is -0.396 e. The van der Waals surface area contributed by atoms with Gasteiger partial charge in [-0.05, 0) is 19.3 Å². The highest BCUT2D eigenvalue weighted by atomic mass is 16.2. The van der Waals surface area contributed by atoms with Crippen LogP contribution in [0.1, 0.15) is 90.4 Å². The van der Waals surface area contributed by atoms with Crippen molar-refractivity contribution in [3.05, 3.63) is 0 Å². The molecule has 0 spiro atoms. The number of hydrogen-bond donors (Lipinski definition) is 1. The van der Waals surface area contributed by atoms with Gasteiger partial charge in [0.05, 0.1) is 0 Å². The highest BCUT2D eigenvalue weighted by Gasteiger charge is 1.90. The molecule has 0 heterocycles. The summed E-state index contributed by atoms with van der Waals surface area (Å²) in [5.74, 6) is 6.49. The zero-order valence-corrected chi connectivity index (χ0v) is 12.3. The monoisotopic (exact) mass is 252 g/mol. The van der Waals surface area contributed by atoms with Crippen molar-refractivity contribution in [2.75, 3.05) is 6.61 Å². The van der Waals surface area contributed by atoms with Gasteiger partial charge < -0.3 is 5.11 Å². The van der Waals surface area contributed by atoms with Crippen molar-refractivity contribution < 1.29 is 5.11 Å². The zero-order chi connectivity index (χ0) is 13.3. The Morgan fingerprint density at radius 1 is 0.611 bits per heavy atom. The highest BCUT2D eigenvalue weighted by molar-refractivity contribution is 4.98. The molecule has 0 radical (unpaired) electrons. The second kappa shape index (κ2) is 16.5. The molecular weight excluding hydrogens is 220 g/mol. The van der Waals surface area contributed by atoms with Crippen LogP contribution >= 0.6 is 0 Å². The third-order valence-corrected chi connectivity index (χ3v) is 3.24. The van der Waals surface area contributed by atoms with E-state index in [0.29, 0.717) is 6.61 Å². The first kappa shape index (κ1) is 17.5. The van der Waals surface area contributed by atoms with Gasteiger partial charge in [0.1, 0.15) is 0 Å². The maximum atomic E-state index is 8.62. The fraction of sp³-hybridized carbons (Fsp3) is 0.882. The molecule has 18 heavy (non-hydrogen) atoms. The average Bonchev–Trinajstić information content (AvgIpc) is 2.39. The molecule has 0 amide bonds. The number of aliphatic hydroxyl groups excluding tert-OH is 1. The smallest absolute Gasteiger partial charge is 0.0431 e. The molecule has 0 aromatic rings. The van der Waals surface area contributed by atoms with E-state index in [-0.39, 0.29) is 0 Å². The van der Waals surface area contributed by atoms with E-state index in [1.807, 2.05) is 0 Å². The first-order valence-corrected chi connectivity index (χ1v) is 7.98. The van der Waals surface area contributed by atoms with E-state index in [1.54, 1.807) is 0 Å². The molecule has 0 saturated heterocycles. The predicted molar refractivity (Wildman–Crippen MR) is 80.6 cm³/mol. The maximum absolute atomic E-state index is 8.62. The summed E-state index contributed by atoms with van der Waals surface area (Å²) in [4.78, 5) is 0. The predicted octanol–water partition coefficient (Wildman–Crippen LogP) is 5.07. The van der Waals surface area contributed by atoms with Crippen LogP contribution in [0.5, 0.6) is 0 Å². The Bertz CT molecular complexity index is 199. The van der Waals surface area contributed by atoms with Gasteiger partial charge in [-0.15, -0.1) is 11.8 Å². The first-order chi connectivity index (χ1) is 8.91. The largest absolute Gasteiger partial charge is 0.396 e. The molecule has 0 aromatic heterocycles. The Labute approximate surface area is 114 Å². The Hall–Kier alpha value is -0.480. The van der Waals surface area contributed by atoms with E-state index >= 15 is 0 Å². The lowest BCUT2D eigenvalue weighted by molar-refractivity contribution is 0.283. The SMILES string of the molecule is CCCCCCCCCCC#CCCCCCO. The quantitative estimate of drug-likeness (QED) is 0.379. The normalized spacial score (nSPS) is 10.1. The number of aliphatic hydroxyl groups is 1. The second-order valence-corrected chi connectivity index (χ2v) is 5.11. The molecule has 0 saturated carbocycles.